The summed E-state index contributed by atoms with van der Waals surface area (Å²) in [7, 11) is 0. The number of nitrogens with two attached hydrogens (primary N) is 1. The van der Waals surface area contributed by atoms with E-state index in [0.29, 0.717) is 0 Å². The zero-order chi connectivity index (χ0) is 7.28. The van der Waals surface area contributed by atoms with Crippen LogP contribution in [0.15, 0.2) is 0 Å². The molecule has 0 saturated heterocycles. The first-order valence-corrected chi connectivity index (χ1v) is 3.62. The van der Waals surface area contributed by atoms with Crippen molar-refractivity contribution in [2.45, 2.75) is 45.3 Å². The Balaban J connectivity index is 3.16. The van der Waals surface area contributed by atoms with Crippen LogP contribution in [0.2, 0.25) is 0 Å². The molecule has 0 aliphatic rings. The Labute approximate surface area is 57.1 Å². The summed E-state index contributed by atoms with van der Waals surface area (Å²) in [5, 5.41) is 8.92. The fraction of sp³-hybridized carbons (Fsp3) is 1.00. The molecule has 0 aromatic carbocycles. The monoisotopic (exact) mass is 131 g/mol. The molecule has 0 aliphatic carbocycles. The SMILES string of the molecule is CCCC[C@H](N)[C@H](C)O. The Kier molecular flexibility index (Phi) is 4.72. The van der Waals surface area contributed by atoms with E-state index in [4.69, 9.17) is 10.8 Å². The molecule has 9 heavy (non-hydrogen) atoms. The highest BCUT2D eigenvalue weighted by Gasteiger charge is 2.06. The predicted molar refractivity (Wildman–Crippen MR) is 39.2 cm³/mol. The Bertz CT molecular complexity index is 63.9. The largest absolute Gasteiger partial charge is 0.392 e. The molecule has 56 valence electrons. The Hall–Kier alpha value is -0.0800. The third-order valence-electron chi connectivity index (χ3n) is 1.51. The second-order valence-corrected chi connectivity index (χ2v) is 2.55. The number of hydrogen-bond acceptors (Lipinski definition) is 2. The second-order valence-electron chi connectivity index (χ2n) is 2.55. The summed E-state index contributed by atoms with van der Waals surface area (Å²) in [6.07, 6.45) is 2.86. The summed E-state index contributed by atoms with van der Waals surface area (Å²) < 4.78 is 0. The van der Waals surface area contributed by atoms with Crippen LogP contribution in [0.4, 0.5) is 0 Å². The van der Waals surface area contributed by atoms with Crippen LogP contribution in [-0.2, 0) is 0 Å². The number of aliphatic hydroxyl groups is 1. The van der Waals surface area contributed by atoms with Gasteiger partial charge in [-0.2, -0.15) is 0 Å². The average Bonchev–Trinajstić information content (AvgIpc) is 1.82. The Morgan fingerprint density at radius 3 is 2.44 bits per heavy atom. The molecular weight excluding hydrogens is 114 g/mol. The summed E-state index contributed by atoms with van der Waals surface area (Å²) in [6, 6.07) is -0.0232. The van der Waals surface area contributed by atoms with Crippen LogP contribution in [-0.4, -0.2) is 17.3 Å². The topological polar surface area (TPSA) is 46.2 Å². The summed E-state index contributed by atoms with van der Waals surface area (Å²) in [4.78, 5) is 0. The van der Waals surface area contributed by atoms with Gasteiger partial charge in [0.1, 0.15) is 0 Å². The molecule has 2 heteroatoms. The first-order chi connectivity index (χ1) is 4.18. The summed E-state index contributed by atoms with van der Waals surface area (Å²) in [5.41, 5.74) is 5.55. The quantitative estimate of drug-likeness (QED) is 0.595. The van der Waals surface area contributed by atoms with Gasteiger partial charge in [-0.25, -0.2) is 0 Å². The molecule has 0 fully saturated rings. The molecule has 0 spiro atoms. The van der Waals surface area contributed by atoms with Gasteiger partial charge in [0, 0.05) is 6.04 Å². The summed E-state index contributed by atoms with van der Waals surface area (Å²) in [6.45, 7) is 3.86. The van der Waals surface area contributed by atoms with Crippen molar-refractivity contribution in [2.24, 2.45) is 5.73 Å². The van der Waals surface area contributed by atoms with Crippen LogP contribution in [0.25, 0.3) is 0 Å². The summed E-state index contributed by atoms with van der Waals surface area (Å²) >= 11 is 0. The highest BCUT2D eigenvalue weighted by Crippen LogP contribution is 2.00. The van der Waals surface area contributed by atoms with Gasteiger partial charge in [-0.05, 0) is 13.3 Å². The van der Waals surface area contributed by atoms with Gasteiger partial charge in [0.2, 0.25) is 0 Å². The summed E-state index contributed by atoms with van der Waals surface area (Å²) in [5.74, 6) is 0. The van der Waals surface area contributed by atoms with Crippen LogP contribution in [0.5, 0.6) is 0 Å². The molecule has 0 amide bonds. The van der Waals surface area contributed by atoms with E-state index in [2.05, 4.69) is 6.92 Å². The van der Waals surface area contributed by atoms with E-state index in [-0.39, 0.29) is 12.1 Å². The van der Waals surface area contributed by atoms with Crippen molar-refractivity contribution in [2.75, 3.05) is 0 Å². The minimum atomic E-state index is -0.350. The van der Waals surface area contributed by atoms with Gasteiger partial charge in [-0.3, -0.25) is 0 Å². The van der Waals surface area contributed by atoms with Crippen molar-refractivity contribution in [3.63, 3.8) is 0 Å². The number of hydrogen-bond donors (Lipinski definition) is 2. The first kappa shape index (κ1) is 8.92. The maximum atomic E-state index is 8.92. The third kappa shape index (κ3) is 4.43. The van der Waals surface area contributed by atoms with E-state index < -0.39 is 0 Å². The molecule has 2 atom stereocenters. The Morgan fingerprint density at radius 2 is 2.11 bits per heavy atom. The normalized spacial score (nSPS) is 17.3. The number of rotatable bonds is 4. The van der Waals surface area contributed by atoms with Crippen molar-refractivity contribution in [3.05, 3.63) is 0 Å². The van der Waals surface area contributed by atoms with Crippen molar-refractivity contribution in [1.29, 1.82) is 0 Å². The smallest absolute Gasteiger partial charge is 0.0662 e. The molecule has 0 aromatic rings. The van der Waals surface area contributed by atoms with E-state index >= 15 is 0 Å². The molecule has 3 N–H and O–H groups in total. The van der Waals surface area contributed by atoms with Crippen molar-refractivity contribution < 1.29 is 5.11 Å². The number of aliphatic hydroxyl groups excluding tert-OH is 1. The average molecular weight is 131 g/mol. The minimum absolute atomic E-state index is 0.0232. The molecule has 0 aliphatic heterocycles. The third-order valence-corrected chi connectivity index (χ3v) is 1.51. The maximum absolute atomic E-state index is 8.92. The van der Waals surface area contributed by atoms with Crippen molar-refractivity contribution >= 4 is 0 Å². The predicted octanol–water partition coefficient (Wildman–Crippen LogP) is 0.885. The zero-order valence-corrected chi connectivity index (χ0v) is 6.30. The van der Waals surface area contributed by atoms with Crippen LogP contribution in [0, 0.1) is 0 Å². The van der Waals surface area contributed by atoms with Crippen LogP contribution >= 0.6 is 0 Å². The first-order valence-electron chi connectivity index (χ1n) is 3.62. The second kappa shape index (κ2) is 4.77. The van der Waals surface area contributed by atoms with E-state index in [1.165, 1.54) is 0 Å². The highest BCUT2D eigenvalue weighted by molar-refractivity contribution is 4.66. The molecule has 0 unspecified atom stereocenters. The van der Waals surface area contributed by atoms with Gasteiger partial charge in [0.25, 0.3) is 0 Å². The van der Waals surface area contributed by atoms with Gasteiger partial charge in [0.05, 0.1) is 6.10 Å². The fourth-order valence-electron chi connectivity index (χ4n) is 0.681. The van der Waals surface area contributed by atoms with Crippen molar-refractivity contribution in [3.8, 4) is 0 Å². The van der Waals surface area contributed by atoms with Gasteiger partial charge >= 0.3 is 0 Å². The molecule has 2 nitrogen and oxygen atoms in total. The molecule has 0 bridgehead atoms. The van der Waals surface area contributed by atoms with Crippen molar-refractivity contribution in [1.82, 2.24) is 0 Å². The van der Waals surface area contributed by atoms with E-state index in [9.17, 15) is 0 Å². The lowest BCUT2D eigenvalue weighted by Crippen LogP contribution is -2.31. The van der Waals surface area contributed by atoms with Crippen LogP contribution in [0.1, 0.15) is 33.1 Å². The molecule has 0 radical (unpaired) electrons. The van der Waals surface area contributed by atoms with Gasteiger partial charge in [-0.1, -0.05) is 19.8 Å². The molecule has 0 saturated carbocycles. The minimum Gasteiger partial charge on any atom is -0.392 e. The highest BCUT2D eigenvalue weighted by atomic mass is 16.3. The molecule has 0 heterocycles. The molecule has 0 aromatic heterocycles. The lowest BCUT2D eigenvalue weighted by Gasteiger charge is -2.12. The fourth-order valence-corrected chi connectivity index (χ4v) is 0.681. The van der Waals surface area contributed by atoms with Gasteiger partial charge in [-0.15, -0.1) is 0 Å². The van der Waals surface area contributed by atoms with Crippen LogP contribution < -0.4 is 5.73 Å². The lowest BCUT2D eigenvalue weighted by molar-refractivity contribution is 0.158. The molecular formula is C7H17NO. The van der Waals surface area contributed by atoms with E-state index in [1.54, 1.807) is 6.92 Å². The lowest BCUT2D eigenvalue weighted by atomic mass is 10.1. The number of unbranched alkanes of at least 4 members (excludes halogenated alkanes) is 1. The van der Waals surface area contributed by atoms with E-state index in [0.717, 1.165) is 19.3 Å². The zero-order valence-electron chi connectivity index (χ0n) is 6.30. The van der Waals surface area contributed by atoms with Crippen LogP contribution in [0.3, 0.4) is 0 Å². The Morgan fingerprint density at radius 1 is 1.56 bits per heavy atom. The standard InChI is InChI=1S/C7H17NO/c1-3-4-5-7(8)6(2)9/h6-7,9H,3-5,8H2,1-2H3/t6-,7-/m0/s1. The van der Waals surface area contributed by atoms with Gasteiger partial charge in [0.15, 0.2) is 0 Å². The van der Waals surface area contributed by atoms with Gasteiger partial charge < -0.3 is 10.8 Å². The maximum Gasteiger partial charge on any atom is 0.0662 e. The molecule has 0 rings (SSSR count). The van der Waals surface area contributed by atoms with E-state index in [1.807, 2.05) is 0 Å².